The quantitative estimate of drug-likeness (QED) is 0.712. The monoisotopic (exact) mass is 268 g/mol. The topological polar surface area (TPSA) is 24.8 Å². The van der Waals surface area contributed by atoms with Gasteiger partial charge in [-0.15, -0.1) is 0 Å². The Kier molecular flexibility index (Phi) is 5.19. The summed E-state index contributed by atoms with van der Waals surface area (Å²) in [5.74, 6) is 1.01. The predicted molar refractivity (Wildman–Crippen MR) is 82.8 cm³/mol. The van der Waals surface area contributed by atoms with E-state index in [1.807, 2.05) is 0 Å². The van der Waals surface area contributed by atoms with Gasteiger partial charge in [-0.1, -0.05) is 27.7 Å². The first-order chi connectivity index (χ1) is 8.55. The molecule has 3 nitrogen and oxygen atoms in total. The van der Waals surface area contributed by atoms with E-state index in [4.69, 9.17) is 9.73 Å². The molecule has 0 N–H and O–H groups in total. The molecule has 1 aliphatic rings. The molecule has 0 amide bonds. The summed E-state index contributed by atoms with van der Waals surface area (Å²) < 4.78 is 5.99. The first-order valence-electron chi connectivity index (χ1n) is 7.49. The van der Waals surface area contributed by atoms with Crippen LogP contribution in [-0.4, -0.2) is 41.6 Å². The van der Waals surface area contributed by atoms with Gasteiger partial charge < -0.3 is 4.74 Å². The molecule has 0 aromatic carbocycles. The third kappa shape index (κ3) is 4.57. The summed E-state index contributed by atoms with van der Waals surface area (Å²) in [6, 6.07) is 0. The minimum atomic E-state index is -0.0671. The number of nitrogens with zero attached hydrogens (tertiary/aromatic N) is 2. The van der Waals surface area contributed by atoms with Gasteiger partial charge in [-0.2, -0.15) is 0 Å². The van der Waals surface area contributed by atoms with E-state index in [1.165, 1.54) is 0 Å². The fraction of sp³-hybridized carbons (Fsp3) is 0.938. The zero-order chi connectivity index (χ0) is 14.8. The van der Waals surface area contributed by atoms with Crippen molar-refractivity contribution < 1.29 is 4.74 Å². The second-order valence-electron chi connectivity index (χ2n) is 7.72. The Bertz CT molecular complexity index is 319. The maximum absolute atomic E-state index is 5.99. The highest BCUT2D eigenvalue weighted by atomic mass is 16.5. The van der Waals surface area contributed by atoms with Crippen LogP contribution in [0.2, 0.25) is 0 Å². The zero-order valence-corrected chi connectivity index (χ0v) is 14.0. The van der Waals surface area contributed by atoms with Crippen LogP contribution in [0.15, 0.2) is 4.99 Å². The van der Waals surface area contributed by atoms with E-state index in [0.717, 1.165) is 13.2 Å². The van der Waals surface area contributed by atoms with Crippen LogP contribution in [0.4, 0.5) is 0 Å². The minimum absolute atomic E-state index is 0.0671. The Hall–Kier alpha value is -0.410. The van der Waals surface area contributed by atoms with Crippen molar-refractivity contribution in [2.75, 3.05) is 13.2 Å². The SMILES string of the molecule is CC(C)/C=N\C(C)(C)CN1C(C(C)C)OCC1(C)C. The molecule has 0 saturated carbocycles. The van der Waals surface area contributed by atoms with E-state index in [2.05, 4.69) is 66.5 Å². The van der Waals surface area contributed by atoms with Gasteiger partial charge in [-0.25, -0.2) is 0 Å². The normalized spacial score (nSPS) is 25.1. The highest BCUT2D eigenvalue weighted by molar-refractivity contribution is 5.60. The summed E-state index contributed by atoms with van der Waals surface area (Å²) in [6.45, 7) is 19.5. The van der Waals surface area contributed by atoms with Crippen molar-refractivity contribution in [1.82, 2.24) is 4.90 Å². The lowest BCUT2D eigenvalue weighted by Gasteiger charge is -2.39. The summed E-state index contributed by atoms with van der Waals surface area (Å²) in [4.78, 5) is 7.24. The molecule has 3 heteroatoms. The van der Waals surface area contributed by atoms with E-state index in [-0.39, 0.29) is 17.3 Å². The van der Waals surface area contributed by atoms with Gasteiger partial charge in [0.2, 0.25) is 0 Å². The van der Waals surface area contributed by atoms with E-state index in [0.29, 0.717) is 11.8 Å². The molecule has 1 rings (SSSR count). The summed E-state index contributed by atoms with van der Waals surface area (Å²) >= 11 is 0. The third-order valence-corrected chi connectivity index (χ3v) is 3.54. The van der Waals surface area contributed by atoms with Crippen molar-refractivity contribution in [3.8, 4) is 0 Å². The number of hydrogen-bond acceptors (Lipinski definition) is 3. The number of aliphatic imine (C=N–C) groups is 1. The van der Waals surface area contributed by atoms with Crippen LogP contribution in [0.25, 0.3) is 0 Å². The van der Waals surface area contributed by atoms with E-state index in [9.17, 15) is 0 Å². The largest absolute Gasteiger partial charge is 0.361 e. The van der Waals surface area contributed by atoms with Crippen LogP contribution in [0.1, 0.15) is 55.4 Å². The van der Waals surface area contributed by atoms with Gasteiger partial charge in [-0.05, 0) is 39.5 Å². The molecular formula is C16H32N2O. The Morgan fingerprint density at radius 1 is 1.32 bits per heavy atom. The Balaban J connectivity index is 2.81. The van der Waals surface area contributed by atoms with Gasteiger partial charge >= 0.3 is 0 Å². The molecular weight excluding hydrogens is 236 g/mol. The second kappa shape index (κ2) is 5.92. The van der Waals surface area contributed by atoms with Crippen LogP contribution in [-0.2, 0) is 4.74 Å². The van der Waals surface area contributed by atoms with Crippen molar-refractivity contribution in [3.05, 3.63) is 0 Å². The average Bonchev–Trinajstić information content (AvgIpc) is 2.52. The number of hydrogen-bond donors (Lipinski definition) is 0. The van der Waals surface area contributed by atoms with E-state index in [1.54, 1.807) is 0 Å². The van der Waals surface area contributed by atoms with Crippen molar-refractivity contribution >= 4 is 6.21 Å². The van der Waals surface area contributed by atoms with Gasteiger partial charge in [-0.3, -0.25) is 9.89 Å². The molecule has 1 saturated heterocycles. The van der Waals surface area contributed by atoms with Crippen LogP contribution in [0, 0.1) is 11.8 Å². The maximum atomic E-state index is 5.99. The molecule has 112 valence electrons. The van der Waals surface area contributed by atoms with Gasteiger partial charge in [0.25, 0.3) is 0 Å². The van der Waals surface area contributed by atoms with E-state index < -0.39 is 0 Å². The fourth-order valence-corrected chi connectivity index (χ4v) is 2.47. The molecule has 1 fully saturated rings. The highest BCUT2D eigenvalue weighted by Crippen LogP contribution is 2.32. The molecule has 0 aliphatic carbocycles. The zero-order valence-electron chi connectivity index (χ0n) is 14.0. The highest BCUT2D eigenvalue weighted by Gasteiger charge is 2.43. The summed E-state index contributed by atoms with van der Waals surface area (Å²) in [5, 5.41) is 0. The predicted octanol–water partition coefficient (Wildman–Crippen LogP) is 3.58. The smallest absolute Gasteiger partial charge is 0.113 e. The minimum Gasteiger partial charge on any atom is -0.361 e. The van der Waals surface area contributed by atoms with Crippen molar-refractivity contribution in [3.63, 3.8) is 0 Å². The standard InChI is InChI=1S/C16H32N2O/c1-12(2)9-17-15(5,6)10-18-14(13(3)4)19-11-16(18,7)8/h9,12-14H,10-11H2,1-8H3/b17-9-. The van der Waals surface area contributed by atoms with E-state index >= 15 is 0 Å². The lowest BCUT2D eigenvalue weighted by atomic mass is 9.98. The molecule has 0 radical (unpaired) electrons. The van der Waals surface area contributed by atoms with Crippen LogP contribution >= 0.6 is 0 Å². The first-order valence-corrected chi connectivity index (χ1v) is 7.49. The maximum Gasteiger partial charge on any atom is 0.113 e. The van der Waals surface area contributed by atoms with Crippen LogP contribution in [0.3, 0.4) is 0 Å². The Morgan fingerprint density at radius 3 is 2.37 bits per heavy atom. The third-order valence-electron chi connectivity index (χ3n) is 3.54. The second-order valence-corrected chi connectivity index (χ2v) is 7.72. The molecule has 0 aromatic rings. The Morgan fingerprint density at radius 2 is 1.89 bits per heavy atom. The lowest BCUT2D eigenvalue weighted by Crippen LogP contribution is -2.51. The molecule has 0 aromatic heterocycles. The molecule has 19 heavy (non-hydrogen) atoms. The van der Waals surface area contributed by atoms with Crippen molar-refractivity contribution in [2.24, 2.45) is 16.8 Å². The number of ether oxygens (including phenoxy) is 1. The fourth-order valence-electron chi connectivity index (χ4n) is 2.47. The van der Waals surface area contributed by atoms with Crippen molar-refractivity contribution in [2.45, 2.75) is 72.7 Å². The van der Waals surface area contributed by atoms with Gasteiger partial charge in [0, 0.05) is 18.3 Å². The molecule has 1 heterocycles. The van der Waals surface area contributed by atoms with Crippen LogP contribution < -0.4 is 0 Å². The summed E-state index contributed by atoms with van der Waals surface area (Å²) in [5.41, 5.74) is 0.0297. The van der Waals surface area contributed by atoms with Crippen LogP contribution in [0.5, 0.6) is 0 Å². The van der Waals surface area contributed by atoms with Gasteiger partial charge in [0.05, 0.1) is 12.1 Å². The Labute approximate surface area is 119 Å². The average molecular weight is 268 g/mol. The first kappa shape index (κ1) is 16.6. The summed E-state index contributed by atoms with van der Waals surface area (Å²) in [7, 11) is 0. The molecule has 1 unspecified atom stereocenters. The lowest BCUT2D eigenvalue weighted by molar-refractivity contribution is -0.0179. The van der Waals surface area contributed by atoms with Gasteiger partial charge in [0.1, 0.15) is 6.23 Å². The molecule has 0 spiro atoms. The molecule has 1 aliphatic heterocycles. The number of rotatable bonds is 5. The summed E-state index contributed by atoms with van der Waals surface area (Å²) in [6.07, 6.45) is 2.28. The molecule has 0 bridgehead atoms. The van der Waals surface area contributed by atoms with Crippen molar-refractivity contribution in [1.29, 1.82) is 0 Å². The van der Waals surface area contributed by atoms with Gasteiger partial charge in [0.15, 0.2) is 0 Å². The molecule has 1 atom stereocenters.